The van der Waals surface area contributed by atoms with Gasteiger partial charge in [0.25, 0.3) is 0 Å². The van der Waals surface area contributed by atoms with Crippen molar-refractivity contribution >= 4 is 75.9 Å². The van der Waals surface area contributed by atoms with Gasteiger partial charge in [0.15, 0.2) is 5.78 Å². The molecule has 0 unspecified atom stereocenters. The van der Waals surface area contributed by atoms with Crippen LogP contribution in [0.2, 0.25) is 0 Å². The second-order valence-electron chi connectivity index (χ2n) is 17.3. The number of hydrogen-bond acceptors (Lipinski definition) is 9. The van der Waals surface area contributed by atoms with E-state index >= 15 is 0 Å². The minimum atomic E-state index is -0.467. The van der Waals surface area contributed by atoms with Gasteiger partial charge in [-0.3, -0.25) is 19.2 Å². The van der Waals surface area contributed by atoms with Crippen LogP contribution in [0, 0.1) is 16.2 Å². The maximum absolute atomic E-state index is 12.4. The van der Waals surface area contributed by atoms with Crippen LogP contribution < -0.4 is 5.32 Å². The largest absolute Gasteiger partial charge is 0.465 e. The number of rotatable bonds is 4. The highest BCUT2D eigenvalue weighted by atomic mass is 32.1. The average molecular weight is 908 g/mol. The van der Waals surface area contributed by atoms with Crippen molar-refractivity contribution in [1.29, 1.82) is 0 Å². The Morgan fingerprint density at radius 1 is 0.581 bits per heavy atom. The lowest BCUT2D eigenvalue weighted by molar-refractivity contribution is -0.136. The van der Waals surface area contributed by atoms with Crippen LogP contribution in [-0.2, 0) is 62.4 Å². The Balaban J connectivity index is 0.000000200. The van der Waals surface area contributed by atoms with Crippen LogP contribution in [-0.4, -0.2) is 105 Å². The number of esters is 2. The summed E-state index contributed by atoms with van der Waals surface area (Å²) in [5.74, 6) is -0.238. The Morgan fingerprint density at radius 2 is 0.968 bits per heavy atom. The van der Waals surface area contributed by atoms with Gasteiger partial charge < -0.3 is 29.7 Å². The highest BCUT2D eigenvalue weighted by molar-refractivity contribution is 7.59. The molecule has 0 aromatic heterocycles. The van der Waals surface area contributed by atoms with Crippen LogP contribution in [0.4, 0.5) is 0 Å². The zero-order valence-corrected chi connectivity index (χ0v) is 39.1. The number of aryl methyl sites for hydroxylation is 3. The molecule has 3 aromatic rings. The van der Waals surface area contributed by atoms with Gasteiger partial charge in [0.1, 0.15) is 6.61 Å². The van der Waals surface area contributed by atoms with Crippen molar-refractivity contribution in [3.05, 3.63) is 105 Å². The molecule has 3 saturated heterocycles. The van der Waals surface area contributed by atoms with Crippen molar-refractivity contribution < 1.29 is 43.3 Å². The lowest BCUT2D eigenvalue weighted by atomic mass is 9.70. The predicted molar refractivity (Wildman–Crippen MR) is 250 cm³/mol. The lowest BCUT2D eigenvalue weighted by Gasteiger charge is -2.33. The predicted octanol–water partition coefficient (Wildman–Crippen LogP) is 4.82. The number of benzene rings is 3. The number of hydrogen-bond donors (Lipinski definition) is 2. The smallest absolute Gasteiger partial charge is 0.337 e. The van der Waals surface area contributed by atoms with E-state index in [0.29, 0.717) is 16.7 Å². The number of aliphatic hydroxyl groups excluding tert-OH is 1. The summed E-state index contributed by atoms with van der Waals surface area (Å²) in [6.45, 7) is 1.96. The first-order valence-electron chi connectivity index (χ1n) is 20.7. The van der Waals surface area contributed by atoms with E-state index in [1.807, 2.05) is 66.4 Å². The zero-order chi connectivity index (χ0) is 42.1. The summed E-state index contributed by atoms with van der Waals surface area (Å²) in [5.41, 5.74) is 8.01. The van der Waals surface area contributed by atoms with Crippen molar-refractivity contribution in [2.75, 3.05) is 54.6 Å². The van der Waals surface area contributed by atoms with Crippen LogP contribution in [0.15, 0.2) is 54.6 Å². The van der Waals surface area contributed by atoms with E-state index < -0.39 is 6.61 Å². The van der Waals surface area contributed by atoms with Crippen LogP contribution >= 0.6 is 40.5 Å². The molecule has 62 heavy (non-hydrogen) atoms. The lowest BCUT2D eigenvalue weighted by Crippen LogP contribution is -2.37. The first-order valence-corrected chi connectivity index (χ1v) is 20.7. The SMILES string of the molecule is CN1CC[C@@]2(CCc3ccc(C(=O)CO)cc3C2)C1=O.COC(=O)c1ccc2c(c1)C[C@@]1(CC2)CCN(C)C1=O.COC(=O)c1ccc2c(c1)C[C@]1(CCNC1=O)CC2.S.S.S. The monoisotopic (exact) mass is 907 g/mol. The van der Waals surface area contributed by atoms with Gasteiger partial charge in [-0.2, -0.15) is 40.5 Å². The number of Topliss-reactive ketones (excluding diaryl/α,β-unsaturated/α-hetero) is 1. The molecule has 3 aliphatic heterocycles. The molecule has 0 radical (unpaired) electrons. The molecule has 0 saturated carbocycles. The molecule has 15 heteroatoms. The molecule has 9 rings (SSSR count). The molecular weight excluding hydrogens is 847 g/mol. The maximum Gasteiger partial charge on any atom is 0.337 e. The second kappa shape index (κ2) is 20.5. The molecule has 2 N–H and O–H groups in total. The third kappa shape index (κ3) is 9.75. The fourth-order valence-corrected chi connectivity index (χ4v) is 10.2. The zero-order valence-electron chi connectivity index (χ0n) is 36.1. The molecule has 3 aliphatic carbocycles. The normalized spacial score (nSPS) is 23.8. The Hall–Kier alpha value is -4.31. The summed E-state index contributed by atoms with van der Waals surface area (Å²) in [5, 5.41) is 11.9. The highest BCUT2D eigenvalue weighted by Crippen LogP contribution is 2.45. The van der Waals surface area contributed by atoms with E-state index in [-0.39, 0.29) is 92.2 Å². The van der Waals surface area contributed by atoms with Crippen LogP contribution in [0.1, 0.15) is 103 Å². The summed E-state index contributed by atoms with van der Waals surface area (Å²) in [6, 6.07) is 17.0. The number of fused-ring (bicyclic) bond motifs is 3. The molecule has 3 atom stereocenters. The average Bonchev–Trinajstić information content (AvgIpc) is 3.85. The van der Waals surface area contributed by atoms with Crippen molar-refractivity contribution in [1.82, 2.24) is 15.1 Å². The van der Waals surface area contributed by atoms with Crippen molar-refractivity contribution in [2.24, 2.45) is 16.2 Å². The highest BCUT2D eigenvalue weighted by Gasteiger charge is 2.48. The maximum atomic E-state index is 12.4. The summed E-state index contributed by atoms with van der Waals surface area (Å²) in [4.78, 5) is 75.3. The molecule has 12 nitrogen and oxygen atoms in total. The number of amides is 3. The van der Waals surface area contributed by atoms with Crippen LogP contribution in [0.5, 0.6) is 0 Å². The van der Waals surface area contributed by atoms with Gasteiger partial charge in [-0.25, -0.2) is 9.59 Å². The second-order valence-corrected chi connectivity index (χ2v) is 17.3. The van der Waals surface area contributed by atoms with Crippen LogP contribution in [0.3, 0.4) is 0 Å². The minimum absolute atomic E-state index is 0. The van der Waals surface area contributed by atoms with Crippen LogP contribution in [0.25, 0.3) is 0 Å². The summed E-state index contributed by atoms with van der Waals surface area (Å²) >= 11 is 0. The number of carbonyl (C=O) groups is 6. The number of methoxy groups -OCH3 is 2. The van der Waals surface area contributed by atoms with Gasteiger partial charge in [-0.05, 0) is 141 Å². The number of likely N-dealkylation sites (tertiary alicyclic amines) is 2. The van der Waals surface area contributed by atoms with Gasteiger partial charge in [-0.15, -0.1) is 0 Å². The van der Waals surface area contributed by atoms with Gasteiger partial charge in [0.05, 0.1) is 41.6 Å². The first kappa shape index (κ1) is 50.3. The molecule has 3 aromatic carbocycles. The van der Waals surface area contributed by atoms with Gasteiger partial charge in [0.2, 0.25) is 17.7 Å². The molecule has 0 bridgehead atoms. The summed E-state index contributed by atoms with van der Waals surface area (Å²) in [7, 11) is 6.50. The molecule has 3 amide bonds. The van der Waals surface area contributed by atoms with Gasteiger partial charge in [-0.1, -0.05) is 24.3 Å². The number of carbonyl (C=O) groups excluding carboxylic acids is 6. The topological polar surface area (TPSA) is 160 Å². The number of nitrogens with zero attached hydrogens (tertiary/aromatic N) is 2. The van der Waals surface area contributed by atoms with E-state index in [1.54, 1.807) is 12.1 Å². The van der Waals surface area contributed by atoms with E-state index in [0.717, 1.165) is 113 Å². The Kier molecular flexibility index (Phi) is 16.6. The van der Waals surface area contributed by atoms with Crippen molar-refractivity contribution in [3.8, 4) is 0 Å². The number of nitrogens with one attached hydrogen (secondary N) is 1. The summed E-state index contributed by atoms with van der Waals surface area (Å²) in [6.07, 6.45) is 10.4. The fourth-order valence-electron chi connectivity index (χ4n) is 10.2. The number of ketones is 1. The quantitative estimate of drug-likeness (QED) is 0.277. The Labute approximate surface area is 385 Å². The number of ether oxygens (including phenoxy) is 2. The van der Waals surface area contributed by atoms with Crippen molar-refractivity contribution in [3.63, 3.8) is 0 Å². The van der Waals surface area contributed by atoms with E-state index in [2.05, 4.69) is 5.32 Å². The van der Waals surface area contributed by atoms with E-state index in [4.69, 9.17) is 14.6 Å². The Morgan fingerprint density at radius 3 is 1.32 bits per heavy atom. The number of aliphatic hydroxyl groups is 1. The molecule has 3 heterocycles. The Bertz CT molecular complexity index is 2110. The summed E-state index contributed by atoms with van der Waals surface area (Å²) < 4.78 is 9.52. The molecular formula is C47H61N3O9S3. The third-order valence-electron chi connectivity index (χ3n) is 14.0. The minimum Gasteiger partial charge on any atom is -0.465 e. The van der Waals surface area contributed by atoms with Crippen molar-refractivity contribution in [2.45, 2.75) is 77.0 Å². The fraction of sp³-hybridized carbons (Fsp3) is 0.489. The molecule has 336 valence electrons. The third-order valence-corrected chi connectivity index (χ3v) is 14.0. The van der Waals surface area contributed by atoms with E-state index in [9.17, 15) is 28.8 Å². The first-order chi connectivity index (χ1) is 28.3. The molecule has 3 spiro atoms. The van der Waals surface area contributed by atoms with E-state index in [1.165, 1.54) is 30.9 Å². The molecule has 3 fully saturated rings. The molecule has 6 aliphatic rings. The van der Waals surface area contributed by atoms with Gasteiger partial charge in [0, 0.05) is 39.3 Å². The van der Waals surface area contributed by atoms with Gasteiger partial charge >= 0.3 is 11.9 Å². The standard InChI is InChI=1S/2C16H19NO3.C15H17NO3.3H2S/c1-17-8-7-16(15(17)19)6-5-11-3-4-12(14(18)20-2)9-13(11)10-16;1-17-7-6-16(15(17)20)5-4-11-2-3-12(14(19)10-18)8-13(11)9-16;1-19-13(17)11-3-2-10-4-5-15(9-12(10)8-11)6-7-16-14(15)18;;;/h3-4,9H,5-8,10H2,1-2H3;2-3,8,18H,4-7,9-10H2,1H3;2-3,8H,4-7,9H2,1H3,(H,16,18);3*1H2/t2*16-;15-;;;/m111.../s1.